The van der Waals surface area contributed by atoms with Gasteiger partial charge in [0.1, 0.15) is 4.88 Å². The number of aldehydes is 1. The Morgan fingerprint density at radius 2 is 2.25 bits per heavy atom. The van der Waals surface area contributed by atoms with Crippen molar-refractivity contribution in [3.05, 3.63) is 21.9 Å². The van der Waals surface area contributed by atoms with Gasteiger partial charge in [0.05, 0.1) is 10.1 Å². The van der Waals surface area contributed by atoms with Crippen molar-refractivity contribution in [3.8, 4) is 0 Å². The van der Waals surface area contributed by atoms with E-state index in [9.17, 15) is 9.59 Å². The van der Waals surface area contributed by atoms with Crippen LogP contribution in [0.15, 0.2) is 11.4 Å². The maximum Gasteiger partial charge on any atom is 0.348 e. The molecule has 0 unspecified atom stereocenters. The third-order valence-corrected chi connectivity index (χ3v) is 4.23. The van der Waals surface area contributed by atoms with Crippen LogP contribution in [0.2, 0.25) is 0 Å². The van der Waals surface area contributed by atoms with E-state index in [0.29, 0.717) is 10.4 Å². The summed E-state index contributed by atoms with van der Waals surface area (Å²) in [7, 11) is 0. The number of rotatable bonds is 3. The zero-order valence-electron chi connectivity index (χ0n) is 8.85. The van der Waals surface area contributed by atoms with Gasteiger partial charge in [-0.1, -0.05) is 0 Å². The molecule has 84 valence electrons. The summed E-state index contributed by atoms with van der Waals surface area (Å²) >= 11 is 2.84. The van der Waals surface area contributed by atoms with Crippen LogP contribution in [0.1, 0.15) is 33.9 Å². The lowest BCUT2D eigenvalue weighted by Crippen LogP contribution is -2.09. The maximum absolute atomic E-state index is 11.6. The summed E-state index contributed by atoms with van der Waals surface area (Å²) in [6, 6.07) is 1.73. The smallest absolute Gasteiger partial charge is 0.348 e. The number of esters is 1. The van der Waals surface area contributed by atoms with Crippen LogP contribution < -0.4 is 0 Å². The average molecular weight is 254 g/mol. The fourth-order valence-electron chi connectivity index (χ4n) is 1.31. The van der Waals surface area contributed by atoms with Crippen LogP contribution in [0.25, 0.3) is 9.40 Å². The minimum Gasteiger partial charge on any atom is -0.459 e. The van der Waals surface area contributed by atoms with Crippen LogP contribution in [0.4, 0.5) is 0 Å². The lowest BCUT2D eigenvalue weighted by molar-refractivity contribution is 0.0384. The molecule has 0 aliphatic carbocycles. The van der Waals surface area contributed by atoms with Crippen LogP contribution in [0, 0.1) is 0 Å². The highest BCUT2D eigenvalue weighted by Gasteiger charge is 2.15. The molecule has 0 aromatic carbocycles. The van der Waals surface area contributed by atoms with Gasteiger partial charge in [-0.25, -0.2) is 4.79 Å². The summed E-state index contributed by atoms with van der Waals surface area (Å²) < 4.78 is 6.08. The SMILES string of the molecule is CC(C)OC(=O)c1cc2c(C=O)csc2s1. The second-order valence-electron chi connectivity index (χ2n) is 3.57. The Kier molecular flexibility index (Phi) is 3.07. The van der Waals surface area contributed by atoms with Gasteiger partial charge in [0.15, 0.2) is 6.29 Å². The topological polar surface area (TPSA) is 43.4 Å². The van der Waals surface area contributed by atoms with Crippen molar-refractivity contribution in [1.29, 1.82) is 0 Å². The maximum atomic E-state index is 11.6. The third kappa shape index (κ3) is 2.01. The Hall–Kier alpha value is -1.20. The molecule has 0 spiro atoms. The van der Waals surface area contributed by atoms with E-state index in [4.69, 9.17) is 4.74 Å². The van der Waals surface area contributed by atoms with Gasteiger partial charge in [0.25, 0.3) is 0 Å². The molecular formula is C11H10O3S2. The first-order chi connectivity index (χ1) is 7.61. The number of ether oxygens (including phenoxy) is 1. The van der Waals surface area contributed by atoms with Crippen molar-refractivity contribution in [1.82, 2.24) is 0 Å². The summed E-state index contributed by atoms with van der Waals surface area (Å²) in [6.07, 6.45) is 0.682. The summed E-state index contributed by atoms with van der Waals surface area (Å²) in [4.78, 5) is 22.9. The van der Waals surface area contributed by atoms with Crippen molar-refractivity contribution in [2.24, 2.45) is 0 Å². The van der Waals surface area contributed by atoms with E-state index in [1.807, 2.05) is 13.8 Å². The first-order valence-electron chi connectivity index (χ1n) is 4.79. The zero-order chi connectivity index (χ0) is 11.7. The largest absolute Gasteiger partial charge is 0.459 e. The number of carbonyl (C=O) groups excluding carboxylic acids is 2. The first kappa shape index (κ1) is 11.3. The molecule has 2 heterocycles. The van der Waals surface area contributed by atoms with E-state index in [-0.39, 0.29) is 12.1 Å². The molecule has 16 heavy (non-hydrogen) atoms. The van der Waals surface area contributed by atoms with Crippen LogP contribution in [-0.4, -0.2) is 18.4 Å². The van der Waals surface area contributed by atoms with Crippen LogP contribution in [0.5, 0.6) is 0 Å². The molecule has 2 aromatic heterocycles. The molecule has 0 N–H and O–H groups in total. The Morgan fingerprint density at radius 1 is 1.50 bits per heavy atom. The van der Waals surface area contributed by atoms with Crippen molar-refractivity contribution in [2.45, 2.75) is 20.0 Å². The normalized spacial score (nSPS) is 10.9. The first-order valence-corrected chi connectivity index (χ1v) is 6.48. The molecule has 0 fully saturated rings. The van der Waals surface area contributed by atoms with E-state index in [1.165, 1.54) is 22.7 Å². The van der Waals surface area contributed by atoms with Crippen LogP contribution in [-0.2, 0) is 4.74 Å². The van der Waals surface area contributed by atoms with E-state index in [0.717, 1.165) is 15.7 Å². The molecule has 0 saturated carbocycles. The Balaban J connectivity index is 2.36. The van der Waals surface area contributed by atoms with E-state index < -0.39 is 0 Å². The number of hydrogen-bond acceptors (Lipinski definition) is 5. The summed E-state index contributed by atoms with van der Waals surface area (Å²) in [6.45, 7) is 3.62. The van der Waals surface area contributed by atoms with Gasteiger partial charge in [-0.3, -0.25) is 4.79 Å². The standard InChI is InChI=1S/C11H10O3S2/c1-6(2)14-10(13)9-3-8-7(4-12)5-15-11(8)16-9/h3-6H,1-2H3. The molecule has 0 aliphatic rings. The molecule has 0 radical (unpaired) electrons. The minimum absolute atomic E-state index is 0.127. The number of carbonyl (C=O) groups is 2. The molecule has 2 rings (SSSR count). The predicted molar refractivity (Wildman–Crippen MR) is 65.6 cm³/mol. The van der Waals surface area contributed by atoms with E-state index in [2.05, 4.69) is 0 Å². The van der Waals surface area contributed by atoms with E-state index >= 15 is 0 Å². The monoisotopic (exact) mass is 254 g/mol. The third-order valence-electron chi connectivity index (χ3n) is 1.97. The van der Waals surface area contributed by atoms with Gasteiger partial charge in [-0.2, -0.15) is 0 Å². The molecule has 0 saturated heterocycles. The molecule has 0 bridgehead atoms. The lowest BCUT2D eigenvalue weighted by atomic mass is 10.2. The summed E-state index contributed by atoms with van der Waals surface area (Å²) in [5.74, 6) is -0.319. The fourth-order valence-corrected chi connectivity index (χ4v) is 3.43. The van der Waals surface area contributed by atoms with Crippen molar-refractivity contribution in [2.75, 3.05) is 0 Å². The molecule has 3 nitrogen and oxygen atoms in total. The molecule has 2 aromatic rings. The number of fused-ring (bicyclic) bond motifs is 1. The van der Waals surface area contributed by atoms with Gasteiger partial charge < -0.3 is 4.74 Å². The number of thiophene rings is 2. The van der Waals surface area contributed by atoms with Gasteiger partial charge in [-0.15, -0.1) is 22.7 Å². The van der Waals surface area contributed by atoms with Crippen molar-refractivity contribution >= 4 is 44.3 Å². The molecule has 0 aliphatic heterocycles. The molecule has 0 amide bonds. The molecule has 0 atom stereocenters. The predicted octanol–water partition coefficient (Wildman–Crippen LogP) is 3.34. The highest BCUT2D eigenvalue weighted by Crippen LogP contribution is 2.33. The van der Waals surface area contributed by atoms with Gasteiger partial charge >= 0.3 is 5.97 Å². The van der Waals surface area contributed by atoms with Gasteiger partial charge in [0.2, 0.25) is 0 Å². The second kappa shape index (κ2) is 4.35. The highest BCUT2D eigenvalue weighted by atomic mass is 32.2. The molecule has 5 heteroatoms. The second-order valence-corrected chi connectivity index (χ2v) is 5.77. The fraction of sp³-hybridized carbons (Fsp3) is 0.273. The van der Waals surface area contributed by atoms with Crippen molar-refractivity contribution < 1.29 is 14.3 Å². The van der Waals surface area contributed by atoms with E-state index in [1.54, 1.807) is 11.4 Å². The Morgan fingerprint density at radius 3 is 2.88 bits per heavy atom. The van der Waals surface area contributed by atoms with Crippen LogP contribution >= 0.6 is 22.7 Å². The Labute approximate surface area is 101 Å². The summed E-state index contributed by atoms with van der Waals surface area (Å²) in [5, 5.41) is 2.65. The van der Waals surface area contributed by atoms with Gasteiger partial charge in [0, 0.05) is 16.3 Å². The zero-order valence-corrected chi connectivity index (χ0v) is 10.5. The minimum atomic E-state index is -0.319. The van der Waals surface area contributed by atoms with Gasteiger partial charge in [-0.05, 0) is 19.9 Å². The summed E-state index contributed by atoms with van der Waals surface area (Å²) in [5.41, 5.74) is 0.639. The van der Waals surface area contributed by atoms with Crippen LogP contribution in [0.3, 0.4) is 0 Å². The highest BCUT2D eigenvalue weighted by molar-refractivity contribution is 7.38. The van der Waals surface area contributed by atoms with Crippen molar-refractivity contribution in [3.63, 3.8) is 0 Å². The Bertz CT molecular complexity index is 536. The lowest BCUT2D eigenvalue weighted by Gasteiger charge is -2.05. The number of hydrogen-bond donors (Lipinski definition) is 0. The molecular weight excluding hydrogens is 244 g/mol. The quantitative estimate of drug-likeness (QED) is 0.623. The average Bonchev–Trinajstić information content (AvgIpc) is 2.74.